The molecule has 2 atom stereocenters. The average molecular weight is 343 g/mol. The van der Waals surface area contributed by atoms with Crippen molar-refractivity contribution < 1.29 is 18.7 Å². The van der Waals surface area contributed by atoms with Crippen LogP contribution in [0.3, 0.4) is 0 Å². The number of carbonyl (C=O) groups excluding carboxylic acids is 1. The summed E-state index contributed by atoms with van der Waals surface area (Å²) < 4.78 is 18.4. The van der Waals surface area contributed by atoms with Crippen molar-refractivity contribution in [1.82, 2.24) is 10.3 Å². The topological polar surface area (TPSA) is 87.4 Å². The lowest BCUT2D eigenvalue weighted by atomic mass is 10.0. The van der Waals surface area contributed by atoms with Gasteiger partial charge in [0.25, 0.3) is 0 Å². The van der Waals surface area contributed by atoms with E-state index in [0.29, 0.717) is 28.2 Å². The van der Waals surface area contributed by atoms with Crippen LogP contribution >= 0.6 is 0 Å². The molecule has 0 fully saturated rings. The molecule has 0 radical (unpaired) electrons. The van der Waals surface area contributed by atoms with Gasteiger partial charge in [0, 0.05) is 18.7 Å². The maximum atomic E-state index is 12.9. The maximum Gasteiger partial charge on any atom is 0.319 e. The number of urea groups is 1. The molecule has 2 aromatic carbocycles. The average Bonchev–Trinajstić information content (AvgIpc) is 2.94. The van der Waals surface area contributed by atoms with Gasteiger partial charge in [0.05, 0.1) is 12.1 Å². The largest absolute Gasteiger partial charge is 0.441 e. The van der Waals surface area contributed by atoms with E-state index in [1.807, 2.05) is 0 Å². The molecule has 2 unspecified atom stereocenters. The Morgan fingerprint density at radius 2 is 1.96 bits per heavy atom. The highest BCUT2D eigenvalue weighted by Crippen LogP contribution is 2.20. The van der Waals surface area contributed by atoms with Crippen molar-refractivity contribution in [1.29, 1.82) is 0 Å². The number of benzene rings is 2. The van der Waals surface area contributed by atoms with Crippen molar-refractivity contribution in [2.45, 2.75) is 26.0 Å². The maximum absolute atomic E-state index is 12.9. The predicted octanol–water partition coefficient (Wildman–Crippen LogP) is 3.52. The number of nitrogens with zero attached hydrogens (tertiary/aromatic N) is 1. The van der Waals surface area contributed by atoms with E-state index in [1.54, 1.807) is 32.0 Å². The number of aliphatic hydroxyl groups is 1. The Kier molecular flexibility index (Phi) is 4.67. The molecule has 0 saturated heterocycles. The summed E-state index contributed by atoms with van der Waals surface area (Å²) in [5.74, 6) is 0.167. The number of hydrogen-bond donors (Lipinski definition) is 3. The second kappa shape index (κ2) is 6.90. The zero-order chi connectivity index (χ0) is 18.0. The monoisotopic (exact) mass is 343 g/mol. The van der Waals surface area contributed by atoms with Gasteiger partial charge in [-0.15, -0.1) is 0 Å². The van der Waals surface area contributed by atoms with Crippen LogP contribution < -0.4 is 10.6 Å². The zero-order valence-electron chi connectivity index (χ0n) is 13.8. The molecule has 0 aliphatic heterocycles. The molecule has 2 amide bonds. The van der Waals surface area contributed by atoms with Crippen LogP contribution in [0.4, 0.5) is 14.9 Å². The van der Waals surface area contributed by atoms with Crippen molar-refractivity contribution in [2.75, 3.05) is 5.32 Å². The van der Waals surface area contributed by atoms with E-state index in [0.717, 1.165) is 0 Å². The van der Waals surface area contributed by atoms with Crippen LogP contribution in [0.25, 0.3) is 11.1 Å². The second-order valence-electron chi connectivity index (χ2n) is 5.80. The number of nitrogens with one attached hydrogen (secondary N) is 2. The van der Waals surface area contributed by atoms with Crippen LogP contribution in [0.2, 0.25) is 0 Å². The summed E-state index contributed by atoms with van der Waals surface area (Å²) in [6.45, 7) is 3.41. The lowest BCUT2D eigenvalue weighted by molar-refractivity contribution is 0.139. The smallest absolute Gasteiger partial charge is 0.319 e. The van der Waals surface area contributed by atoms with E-state index in [9.17, 15) is 14.3 Å². The number of aryl methyl sites for hydroxylation is 1. The van der Waals surface area contributed by atoms with Crippen molar-refractivity contribution in [3.05, 3.63) is 59.7 Å². The van der Waals surface area contributed by atoms with Gasteiger partial charge in [0.15, 0.2) is 11.5 Å². The fourth-order valence-corrected chi connectivity index (χ4v) is 2.52. The Hall–Kier alpha value is -2.93. The number of hydrogen-bond acceptors (Lipinski definition) is 4. The fraction of sp³-hybridized carbons (Fsp3) is 0.222. The fourth-order valence-electron chi connectivity index (χ4n) is 2.52. The first-order valence-corrected chi connectivity index (χ1v) is 7.80. The summed E-state index contributed by atoms with van der Waals surface area (Å²) in [6.07, 6.45) is -0.953. The molecule has 25 heavy (non-hydrogen) atoms. The van der Waals surface area contributed by atoms with E-state index in [1.165, 1.54) is 24.3 Å². The van der Waals surface area contributed by atoms with E-state index in [2.05, 4.69) is 15.6 Å². The first-order chi connectivity index (χ1) is 11.9. The normalized spacial score (nSPS) is 13.4. The summed E-state index contributed by atoms with van der Waals surface area (Å²) in [4.78, 5) is 16.3. The molecule has 0 aliphatic carbocycles. The van der Waals surface area contributed by atoms with Crippen molar-refractivity contribution in [3.8, 4) is 0 Å². The van der Waals surface area contributed by atoms with Crippen LogP contribution in [0.1, 0.15) is 24.5 Å². The molecule has 3 aromatic rings. The van der Waals surface area contributed by atoms with Gasteiger partial charge in [-0.25, -0.2) is 14.2 Å². The first kappa shape index (κ1) is 16.9. The summed E-state index contributed by atoms with van der Waals surface area (Å²) in [5.41, 5.74) is 2.36. The number of anilines is 1. The summed E-state index contributed by atoms with van der Waals surface area (Å²) in [6, 6.07) is 9.59. The Balaban J connectivity index is 1.63. The van der Waals surface area contributed by atoms with Crippen molar-refractivity contribution in [2.24, 2.45) is 0 Å². The zero-order valence-corrected chi connectivity index (χ0v) is 13.8. The molecule has 7 heteroatoms. The number of aliphatic hydroxyl groups excluding tert-OH is 1. The van der Waals surface area contributed by atoms with Gasteiger partial charge in [-0.05, 0) is 36.8 Å². The van der Waals surface area contributed by atoms with E-state index < -0.39 is 18.2 Å². The number of oxazole rings is 1. The number of aromatic nitrogens is 1. The lowest BCUT2D eigenvalue weighted by Gasteiger charge is -2.21. The van der Waals surface area contributed by atoms with Crippen molar-refractivity contribution in [3.63, 3.8) is 0 Å². The minimum absolute atomic E-state index is 0.382. The van der Waals surface area contributed by atoms with Crippen LogP contribution in [0.15, 0.2) is 46.9 Å². The number of halogens is 1. The first-order valence-electron chi connectivity index (χ1n) is 7.80. The van der Waals surface area contributed by atoms with Gasteiger partial charge in [0.2, 0.25) is 0 Å². The molecule has 0 spiro atoms. The lowest BCUT2D eigenvalue weighted by Crippen LogP contribution is -2.39. The number of fused-ring (bicyclic) bond motifs is 1. The highest BCUT2D eigenvalue weighted by atomic mass is 19.1. The quantitative estimate of drug-likeness (QED) is 0.676. The second-order valence-corrected chi connectivity index (χ2v) is 5.80. The van der Waals surface area contributed by atoms with Crippen LogP contribution in [-0.4, -0.2) is 22.2 Å². The molecule has 1 aromatic heterocycles. The molecular weight excluding hydrogens is 325 g/mol. The molecule has 3 N–H and O–H groups in total. The Morgan fingerprint density at radius 3 is 2.68 bits per heavy atom. The third-order valence-corrected chi connectivity index (χ3v) is 3.80. The van der Waals surface area contributed by atoms with Gasteiger partial charge < -0.3 is 20.2 Å². The minimum Gasteiger partial charge on any atom is -0.441 e. The molecule has 3 rings (SSSR count). The van der Waals surface area contributed by atoms with Gasteiger partial charge in [-0.1, -0.05) is 12.1 Å². The standard InChI is InChI=1S/C18H18FN3O3/c1-10(17(23)12-3-5-13(19)6-4-12)20-18(24)22-14-7-8-15-16(9-14)25-11(2)21-15/h3-10,17,23H,1-2H3,(H2,20,22,24). The Morgan fingerprint density at radius 1 is 1.24 bits per heavy atom. The third kappa shape index (κ3) is 3.95. The van der Waals surface area contributed by atoms with E-state index in [4.69, 9.17) is 4.42 Å². The molecule has 1 heterocycles. The van der Waals surface area contributed by atoms with Gasteiger partial charge in [-0.2, -0.15) is 0 Å². The summed E-state index contributed by atoms with van der Waals surface area (Å²) in [7, 11) is 0. The molecule has 0 aliphatic rings. The predicted molar refractivity (Wildman–Crippen MR) is 91.7 cm³/mol. The SMILES string of the molecule is Cc1nc2ccc(NC(=O)NC(C)C(O)c3ccc(F)cc3)cc2o1. The van der Waals surface area contributed by atoms with Gasteiger partial charge >= 0.3 is 6.03 Å². The summed E-state index contributed by atoms with van der Waals surface area (Å²) in [5, 5.41) is 15.6. The van der Waals surface area contributed by atoms with Crippen LogP contribution in [-0.2, 0) is 0 Å². The Bertz CT molecular complexity index is 892. The molecule has 0 saturated carbocycles. The molecule has 0 bridgehead atoms. The van der Waals surface area contributed by atoms with E-state index >= 15 is 0 Å². The van der Waals surface area contributed by atoms with Crippen LogP contribution in [0.5, 0.6) is 0 Å². The third-order valence-electron chi connectivity index (χ3n) is 3.80. The van der Waals surface area contributed by atoms with E-state index in [-0.39, 0.29) is 5.82 Å². The minimum atomic E-state index is -0.953. The molecular formula is C18H18FN3O3. The highest BCUT2D eigenvalue weighted by Gasteiger charge is 2.18. The van der Waals surface area contributed by atoms with Gasteiger partial charge in [-0.3, -0.25) is 0 Å². The van der Waals surface area contributed by atoms with Crippen molar-refractivity contribution >= 4 is 22.8 Å². The molecule has 130 valence electrons. The number of amides is 2. The molecule has 6 nitrogen and oxygen atoms in total. The summed E-state index contributed by atoms with van der Waals surface area (Å²) >= 11 is 0. The van der Waals surface area contributed by atoms with Gasteiger partial charge in [0.1, 0.15) is 11.3 Å². The number of carbonyl (C=O) groups is 1. The number of rotatable bonds is 4. The highest BCUT2D eigenvalue weighted by molar-refractivity contribution is 5.91. The Labute approximate surface area is 143 Å². The van der Waals surface area contributed by atoms with Crippen LogP contribution in [0, 0.1) is 12.7 Å².